The van der Waals surface area contributed by atoms with Crippen molar-refractivity contribution in [3.05, 3.63) is 24.5 Å². The topological polar surface area (TPSA) is 29.9 Å². The van der Waals surface area contributed by atoms with Gasteiger partial charge in [-0.15, -0.1) is 0 Å². The number of hydrogen-bond acceptors (Lipinski definition) is 2. The lowest BCUT2D eigenvalue weighted by molar-refractivity contribution is 0.443. The van der Waals surface area contributed by atoms with Crippen LogP contribution in [-0.4, -0.2) is 16.3 Å². The summed E-state index contributed by atoms with van der Waals surface area (Å²) in [6, 6.07) is 0. The highest BCUT2D eigenvalue weighted by molar-refractivity contribution is 5.17. The normalized spacial score (nSPS) is 17.7. The van der Waals surface area contributed by atoms with Gasteiger partial charge in [-0.3, -0.25) is 0 Å². The van der Waals surface area contributed by atoms with Crippen LogP contribution in [0.3, 0.4) is 0 Å². The first-order chi connectivity index (χ1) is 7.28. The fourth-order valence-electron chi connectivity index (χ4n) is 1.87. The first-order valence-electron chi connectivity index (χ1n) is 5.64. The molecule has 0 bridgehead atoms. The molecule has 1 fully saturated rings. The van der Waals surface area contributed by atoms with Crippen molar-refractivity contribution in [2.75, 3.05) is 6.54 Å². The van der Waals surface area contributed by atoms with Gasteiger partial charge in [0.25, 0.3) is 0 Å². The van der Waals surface area contributed by atoms with Crippen LogP contribution in [0, 0.1) is 5.41 Å². The van der Waals surface area contributed by atoms with Crippen LogP contribution in [0.2, 0.25) is 0 Å². The summed E-state index contributed by atoms with van der Waals surface area (Å²) in [7, 11) is 0. The van der Waals surface area contributed by atoms with Crippen molar-refractivity contribution in [1.29, 1.82) is 0 Å². The molecular formula is C12H19N3. The van der Waals surface area contributed by atoms with E-state index in [4.69, 9.17) is 0 Å². The van der Waals surface area contributed by atoms with Crippen molar-refractivity contribution in [2.24, 2.45) is 5.41 Å². The summed E-state index contributed by atoms with van der Waals surface area (Å²) in [6.07, 6.45) is 9.68. The highest BCUT2D eigenvalue weighted by Gasteiger charge is 2.39. The van der Waals surface area contributed by atoms with Crippen LogP contribution >= 0.6 is 0 Å². The summed E-state index contributed by atoms with van der Waals surface area (Å²) >= 11 is 0. The Kier molecular flexibility index (Phi) is 2.91. The highest BCUT2D eigenvalue weighted by Crippen LogP contribution is 2.47. The van der Waals surface area contributed by atoms with E-state index in [0.29, 0.717) is 5.41 Å². The molecule has 1 aromatic rings. The summed E-state index contributed by atoms with van der Waals surface area (Å²) in [6.45, 7) is 8.00. The Morgan fingerprint density at radius 2 is 2.47 bits per heavy atom. The van der Waals surface area contributed by atoms with Gasteiger partial charge < -0.3 is 5.32 Å². The maximum Gasteiger partial charge on any atom is 0.0538 e. The van der Waals surface area contributed by atoms with Crippen molar-refractivity contribution >= 4 is 6.20 Å². The van der Waals surface area contributed by atoms with Gasteiger partial charge >= 0.3 is 0 Å². The van der Waals surface area contributed by atoms with Crippen LogP contribution in [0.1, 0.15) is 31.7 Å². The zero-order chi connectivity index (χ0) is 10.7. The van der Waals surface area contributed by atoms with E-state index in [1.807, 2.05) is 12.4 Å². The van der Waals surface area contributed by atoms with Crippen molar-refractivity contribution in [3.8, 4) is 0 Å². The molecule has 2 rings (SSSR count). The maximum absolute atomic E-state index is 4.14. The molecule has 1 saturated carbocycles. The van der Waals surface area contributed by atoms with E-state index in [0.717, 1.165) is 13.1 Å². The second-order valence-electron chi connectivity index (χ2n) is 4.47. The Bertz CT molecular complexity index is 336. The molecule has 0 aromatic carbocycles. The second kappa shape index (κ2) is 4.19. The smallest absolute Gasteiger partial charge is 0.0538 e. The van der Waals surface area contributed by atoms with Gasteiger partial charge in [0.2, 0.25) is 0 Å². The Labute approximate surface area is 91.2 Å². The minimum Gasteiger partial charge on any atom is -0.312 e. The van der Waals surface area contributed by atoms with E-state index < -0.39 is 0 Å². The molecule has 1 aliphatic carbocycles. The number of nitrogens with zero attached hydrogens (tertiary/aromatic N) is 2. The maximum atomic E-state index is 4.14. The highest BCUT2D eigenvalue weighted by atomic mass is 15.2. The molecule has 0 spiro atoms. The number of rotatable bonds is 6. The quantitative estimate of drug-likeness (QED) is 0.772. The monoisotopic (exact) mass is 205 g/mol. The van der Waals surface area contributed by atoms with Crippen LogP contribution in [0.5, 0.6) is 0 Å². The van der Waals surface area contributed by atoms with Crippen molar-refractivity contribution < 1.29 is 0 Å². The van der Waals surface area contributed by atoms with Crippen LogP contribution < -0.4 is 5.32 Å². The molecule has 3 heteroatoms. The van der Waals surface area contributed by atoms with Crippen molar-refractivity contribution in [1.82, 2.24) is 15.1 Å². The average Bonchev–Trinajstić information content (AvgIpc) is 2.89. The first-order valence-corrected chi connectivity index (χ1v) is 5.64. The van der Waals surface area contributed by atoms with E-state index in [1.54, 1.807) is 10.9 Å². The predicted molar refractivity (Wildman–Crippen MR) is 62.3 cm³/mol. The van der Waals surface area contributed by atoms with Gasteiger partial charge in [0.1, 0.15) is 0 Å². The standard InChI is InChI=1S/C12H19N3/c1-3-12(5-6-12)10-13-7-11-8-14-15(4-2)9-11/h4,8-9,13H,2-3,5-7,10H2,1H3. The first kappa shape index (κ1) is 10.4. The van der Waals surface area contributed by atoms with Gasteiger partial charge in [-0.2, -0.15) is 5.10 Å². The molecule has 82 valence electrons. The van der Waals surface area contributed by atoms with Crippen LogP contribution in [-0.2, 0) is 6.54 Å². The summed E-state index contributed by atoms with van der Waals surface area (Å²) < 4.78 is 1.74. The number of nitrogens with one attached hydrogen (secondary N) is 1. The Morgan fingerprint density at radius 3 is 3.00 bits per heavy atom. The van der Waals surface area contributed by atoms with Gasteiger partial charge in [0.15, 0.2) is 0 Å². The van der Waals surface area contributed by atoms with Crippen LogP contribution in [0.15, 0.2) is 19.0 Å². The van der Waals surface area contributed by atoms with Gasteiger partial charge in [0, 0.05) is 31.0 Å². The molecule has 1 heterocycles. The van der Waals surface area contributed by atoms with Gasteiger partial charge in [-0.1, -0.05) is 13.5 Å². The van der Waals surface area contributed by atoms with E-state index in [2.05, 4.69) is 23.9 Å². The SMILES string of the molecule is C=Cn1cc(CNCC2(CC)CC2)cn1. The van der Waals surface area contributed by atoms with Gasteiger partial charge in [-0.25, -0.2) is 4.68 Å². The van der Waals surface area contributed by atoms with Crippen molar-refractivity contribution in [2.45, 2.75) is 32.7 Å². The number of hydrogen-bond donors (Lipinski definition) is 1. The zero-order valence-electron chi connectivity index (χ0n) is 9.37. The van der Waals surface area contributed by atoms with E-state index in [9.17, 15) is 0 Å². The lowest BCUT2D eigenvalue weighted by Gasteiger charge is -2.12. The minimum absolute atomic E-state index is 0.619. The predicted octanol–water partition coefficient (Wildman–Crippen LogP) is 2.26. The molecule has 0 radical (unpaired) electrons. The summed E-state index contributed by atoms with van der Waals surface area (Å²) in [5, 5.41) is 7.65. The van der Waals surface area contributed by atoms with E-state index in [1.165, 1.54) is 24.8 Å². The average molecular weight is 205 g/mol. The zero-order valence-corrected chi connectivity index (χ0v) is 9.37. The van der Waals surface area contributed by atoms with E-state index >= 15 is 0 Å². The molecule has 0 unspecified atom stereocenters. The molecule has 0 atom stereocenters. The fourth-order valence-corrected chi connectivity index (χ4v) is 1.87. The summed E-state index contributed by atoms with van der Waals surface area (Å²) in [4.78, 5) is 0. The Hall–Kier alpha value is -1.09. The third-order valence-electron chi connectivity index (χ3n) is 3.38. The molecule has 3 nitrogen and oxygen atoms in total. The lowest BCUT2D eigenvalue weighted by atomic mass is 10.0. The molecule has 15 heavy (non-hydrogen) atoms. The molecular weight excluding hydrogens is 186 g/mol. The molecule has 1 aromatic heterocycles. The minimum atomic E-state index is 0.619. The second-order valence-corrected chi connectivity index (χ2v) is 4.47. The van der Waals surface area contributed by atoms with Gasteiger partial charge in [-0.05, 0) is 24.7 Å². The summed E-state index contributed by atoms with van der Waals surface area (Å²) in [5.74, 6) is 0. The van der Waals surface area contributed by atoms with Crippen LogP contribution in [0.25, 0.3) is 6.20 Å². The summed E-state index contributed by atoms with van der Waals surface area (Å²) in [5.41, 5.74) is 1.84. The fraction of sp³-hybridized carbons (Fsp3) is 0.583. The molecule has 1 aliphatic rings. The van der Waals surface area contributed by atoms with Crippen molar-refractivity contribution in [3.63, 3.8) is 0 Å². The number of aromatic nitrogens is 2. The third kappa shape index (κ3) is 2.48. The van der Waals surface area contributed by atoms with Crippen LogP contribution in [0.4, 0.5) is 0 Å². The Morgan fingerprint density at radius 1 is 1.67 bits per heavy atom. The lowest BCUT2D eigenvalue weighted by Crippen LogP contribution is -2.22. The third-order valence-corrected chi connectivity index (χ3v) is 3.38. The molecule has 1 N–H and O–H groups in total. The Balaban J connectivity index is 1.76. The molecule has 0 aliphatic heterocycles. The van der Waals surface area contributed by atoms with Gasteiger partial charge in [0.05, 0.1) is 6.20 Å². The largest absolute Gasteiger partial charge is 0.312 e. The molecule has 0 saturated heterocycles. The van der Waals surface area contributed by atoms with E-state index in [-0.39, 0.29) is 0 Å². The molecule has 0 amide bonds.